The number of para-hydroxylation sites is 1. The van der Waals surface area contributed by atoms with Crippen LogP contribution in [-0.2, 0) is 21.2 Å². The molecule has 6 nitrogen and oxygen atoms in total. The topological polar surface area (TPSA) is 66.9 Å². The van der Waals surface area contributed by atoms with Crippen LogP contribution in [0.3, 0.4) is 0 Å². The molecule has 4 rings (SSSR count). The summed E-state index contributed by atoms with van der Waals surface area (Å²) in [5.74, 6) is 0.676. The number of fused-ring (bicyclic) bond motifs is 1. The van der Waals surface area contributed by atoms with Gasteiger partial charge in [-0.3, -0.25) is 4.79 Å². The monoisotopic (exact) mass is 428 g/mol. The molecule has 30 heavy (non-hydrogen) atoms. The van der Waals surface area contributed by atoms with Crippen LogP contribution >= 0.6 is 0 Å². The summed E-state index contributed by atoms with van der Waals surface area (Å²) in [7, 11) is -3.58. The second kappa shape index (κ2) is 8.04. The van der Waals surface area contributed by atoms with Crippen molar-refractivity contribution in [1.29, 1.82) is 0 Å². The first kappa shape index (κ1) is 20.9. The number of hydrogen-bond acceptors (Lipinski definition) is 4. The first-order valence-corrected chi connectivity index (χ1v) is 11.8. The van der Waals surface area contributed by atoms with Crippen molar-refractivity contribution in [2.75, 3.05) is 32.8 Å². The van der Waals surface area contributed by atoms with Crippen LogP contribution in [0.5, 0.6) is 5.75 Å². The Kier molecular flexibility index (Phi) is 5.59. The molecule has 1 atom stereocenters. The van der Waals surface area contributed by atoms with E-state index in [0.29, 0.717) is 44.1 Å². The number of aryl methyl sites for hydroxylation is 3. The summed E-state index contributed by atoms with van der Waals surface area (Å²) >= 11 is 0. The van der Waals surface area contributed by atoms with Gasteiger partial charge in [0.15, 0.2) is 0 Å². The van der Waals surface area contributed by atoms with Gasteiger partial charge in [0.05, 0.1) is 10.8 Å². The van der Waals surface area contributed by atoms with Gasteiger partial charge in [-0.1, -0.05) is 35.9 Å². The Hall–Kier alpha value is -2.38. The van der Waals surface area contributed by atoms with Gasteiger partial charge < -0.3 is 9.64 Å². The molecule has 2 aliphatic heterocycles. The van der Waals surface area contributed by atoms with Crippen LogP contribution in [0.25, 0.3) is 0 Å². The van der Waals surface area contributed by atoms with E-state index in [-0.39, 0.29) is 11.8 Å². The van der Waals surface area contributed by atoms with Crippen molar-refractivity contribution in [2.24, 2.45) is 5.92 Å². The van der Waals surface area contributed by atoms with Crippen LogP contribution in [0.2, 0.25) is 0 Å². The number of rotatable bonds is 3. The Bertz CT molecular complexity index is 1050. The number of carbonyl (C=O) groups is 1. The lowest BCUT2D eigenvalue weighted by molar-refractivity contribution is -0.138. The SMILES string of the molecule is Cc1cc(C)c(S(=O)(=O)N2CCN(C(=O)C3COc4ccccc4C3)CC2)c(C)c1. The number of amides is 1. The maximum atomic E-state index is 13.3. The average molecular weight is 429 g/mol. The molecule has 1 amide bonds. The number of ether oxygens (including phenoxy) is 1. The highest BCUT2D eigenvalue weighted by Crippen LogP contribution is 2.29. The first-order chi connectivity index (χ1) is 14.3. The second-order valence-corrected chi connectivity index (χ2v) is 10.2. The van der Waals surface area contributed by atoms with Crippen LogP contribution in [0.4, 0.5) is 0 Å². The molecule has 7 heteroatoms. The summed E-state index contributed by atoms with van der Waals surface area (Å²) in [6.45, 7) is 7.45. The third-order valence-electron chi connectivity index (χ3n) is 5.98. The lowest BCUT2D eigenvalue weighted by Gasteiger charge is -2.37. The third-order valence-corrected chi connectivity index (χ3v) is 8.19. The standard InChI is InChI=1S/C23H28N2O4S/c1-16-12-17(2)22(18(3)13-16)30(27,28)25-10-8-24(9-11-25)23(26)20-14-19-6-4-5-7-21(19)29-15-20/h4-7,12-13,20H,8-11,14-15H2,1-3H3. The zero-order valence-electron chi connectivity index (χ0n) is 17.7. The molecular weight excluding hydrogens is 400 g/mol. The van der Waals surface area contributed by atoms with Gasteiger partial charge in [0, 0.05) is 26.2 Å². The molecule has 0 spiro atoms. The van der Waals surface area contributed by atoms with E-state index in [9.17, 15) is 13.2 Å². The molecule has 2 aliphatic rings. The molecular formula is C23H28N2O4S. The Labute approximate surface area is 178 Å². The molecule has 0 saturated carbocycles. The number of nitrogens with zero attached hydrogens (tertiary/aromatic N) is 2. The zero-order valence-corrected chi connectivity index (χ0v) is 18.5. The molecule has 2 heterocycles. The molecule has 0 bridgehead atoms. The van der Waals surface area contributed by atoms with Crippen molar-refractivity contribution in [1.82, 2.24) is 9.21 Å². The van der Waals surface area contributed by atoms with Crippen LogP contribution in [0, 0.1) is 26.7 Å². The lowest BCUT2D eigenvalue weighted by atomic mass is 9.95. The zero-order chi connectivity index (χ0) is 21.5. The predicted octanol–water partition coefficient (Wildman–Crippen LogP) is 2.70. The van der Waals surface area contributed by atoms with E-state index in [0.717, 1.165) is 28.0 Å². The van der Waals surface area contributed by atoms with E-state index in [2.05, 4.69) is 0 Å². The molecule has 1 unspecified atom stereocenters. The van der Waals surface area contributed by atoms with Crippen molar-refractivity contribution >= 4 is 15.9 Å². The van der Waals surface area contributed by atoms with Crippen molar-refractivity contribution in [2.45, 2.75) is 32.1 Å². The molecule has 0 aromatic heterocycles. The molecule has 1 fully saturated rings. The number of piperazine rings is 1. The minimum atomic E-state index is -3.58. The van der Waals surface area contributed by atoms with E-state index >= 15 is 0 Å². The largest absolute Gasteiger partial charge is 0.492 e. The highest BCUT2D eigenvalue weighted by atomic mass is 32.2. The van der Waals surface area contributed by atoms with Crippen molar-refractivity contribution < 1.29 is 17.9 Å². The fourth-order valence-corrected chi connectivity index (χ4v) is 6.43. The molecule has 160 valence electrons. The smallest absolute Gasteiger partial charge is 0.243 e. The van der Waals surface area contributed by atoms with E-state index < -0.39 is 10.0 Å². The van der Waals surface area contributed by atoms with Gasteiger partial charge in [-0.05, 0) is 49.9 Å². The number of sulfonamides is 1. The van der Waals surface area contributed by atoms with Crippen LogP contribution < -0.4 is 4.74 Å². The summed E-state index contributed by atoms with van der Waals surface area (Å²) in [6.07, 6.45) is 0.662. The van der Waals surface area contributed by atoms with Crippen LogP contribution in [0.15, 0.2) is 41.3 Å². The maximum absolute atomic E-state index is 13.3. The highest BCUT2D eigenvalue weighted by Gasteiger charge is 2.35. The van der Waals surface area contributed by atoms with Crippen molar-refractivity contribution in [3.8, 4) is 5.75 Å². The first-order valence-electron chi connectivity index (χ1n) is 10.3. The summed E-state index contributed by atoms with van der Waals surface area (Å²) in [4.78, 5) is 15.2. The lowest BCUT2D eigenvalue weighted by Crippen LogP contribution is -2.53. The van der Waals surface area contributed by atoms with Crippen LogP contribution in [-0.4, -0.2) is 56.3 Å². The summed E-state index contributed by atoms with van der Waals surface area (Å²) < 4.78 is 33.8. The van der Waals surface area contributed by atoms with Crippen molar-refractivity contribution in [3.05, 3.63) is 58.7 Å². The van der Waals surface area contributed by atoms with Gasteiger partial charge >= 0.3 is 0 Å². The Morgan fingerprint density at radius 1 is 1.00 bits per heavy atom. The van der Waals surface area contributed by atoms with E-state index in [1.54, 1.807) is 4.90 Å². The fourth-order valence-electron chi connectivity index (χ4n) is 4.60. The number of benzene rings is 2. The van der Waals surface area contributed by atoms with Gasteiger partial charge in [-0.15, -0.1) is 0 Å². The second-order valence-electron chi connectivity index (χ2n) is 8.28. The summed E-state index contributed by atoms with van der Waals surface area (Å²) in [6, 6.07) is 11.6. The minimum Gasteiger partial charge on any atom is -0.492 e. The maximum Gasteiger partial charge on any atom is 0.243 e. The molecule has 0 N–H and O–H groups in total. The molecule has 2 aromatic carbocycles. The Morgan fingerprint density at radius 2 is 1.63 bits per heavy atom. The Balaban J connectivity index is 1.43. The number of carbonyl (C=O) groups excluding carboxylic acids is 1. The molecule has 0 aliphatic carbocycles. The fraction of sp³-hybridized carbons (Fsp3) is 0.435. The predicted molar refractivity (Wildman–Crippen MR) is 115 cm³/mol. The minimum absolute atomic E-state index is 0.0456. The van der Waals surface area contributed by atoms with E-state index in [1.807, 2.05) is 57.2 Å². The summed E-state index contributed by atoms with van der Waals surface area (Å²) in [5.41, 5.74) is 3.64. The third kappa shape index (κ3) is 3.84. The van der Waals surface area contributed by atoms with E-state index in [1.165, 1.54) is 4.31 Å². The normalized spacial score (nSPS) is 19.8. The molecule has 0 radical (unpaired) electrons. The van der Waals surface area contributed by atoms with Gasteiger partial charge in [0.2, 0.25) is 15.9 Å². The van der Waals surface area contributed by atoms with E-state index in [4.69, 9.17) is 4.74 Å². The van der Waals surface area contributed by atoms with Gasteiger partial charge in [0.25, 0.3) is 0 Å². The molecule has 1 saturated heterocycles. The van der Waals surface area contributed by atoms with Crippen molar-refractivity contribution in [3.63, 3.8) is 0 Å². The van der Waals surface area contributed by atoms with Gasteiger partial charge in [0.1, 0.15) is 12.4 Å². The van der Waals surface area contributed by atoms with Gasteiger partial charge in [-0.25, -0.2) is 8.42 Å². The van der Waals surface area contributed by atoms with Crippen LogP contribution in [0.1, 0.15) is 22.3 Å². The Morgan fingerprint density at radius 3 is 2.30 bits per heavy atom. The number of hydrogen-bond donors (Lipinski definition) is 0. The summed E-state index contributed by atoms with van der Waals surface area (Å²) in [5, 5.41) is 0. The average Bonchev–Trinajstić information content (AvgIpc) is 2.72. The molecule has 2 aromatic rings. The highest BCUT2D eigenvalue weighted by molar-refractivity contribution is 7.89. The quantitative estimate of drug-likeness (QED) is 0.754. The van der Waals surface area contributed by atoms with Gasteiger partial charge in [-0.2, -0.15) is 4.31 Å².